The van der Waals surface area contributed by atoms with Gasteiger partial charge in [-0.3, -0.25) is 0 Å². The van der Waals surface area contributed by atoms with E-state index < -0.39 is 5.41 Å². The van der Waals surface area contributed by atoms with E-state index in [1.54, 1.807) is 0 Å². The molecule has 0 amide bonds. The van der Waals surface area contributed by atoms with Crippen LogP contribution in [0, 0.1) is 11.3 Å². The molecule has 0 saturated carbocycles. The second kappa shape index (κ2) is 8.56. The van der Waals surface area contributed by atoms with Crippen LogP contribution in [0.15, 0.2) is 140 Å². The first-order valence-electron chi connectivity index (χ1n) is 13.5. The SMILES string of the molecule is N#Cc1ccc(-c2ccc(-c3ccc4c(c3)C3(c5ccccc5O4)c4ccccc4-c4ccccc43)cc2)cc1. The Balaban J connectivity index is 1.32. The van der Waals surface area contributed by atoms with Crippen molar-refractivity contribution >= 4 is 0 Å². The lowest BCUT2D eigenvalue weighted by Gasteiger charge is -2.39. The van der Waals surface area contributed by atoms with Gasteiger partial charge in [-0.2, -0.15) is 5.26 Å². The van der Waals surface area contributed by atoms with Crippen LogP contribution in [0.1, 0.15) is 27.8 Å². The van der Waals surface area contributed by atoms with Crippen LogP contribution in [-0.4, -0.2) is 0 Å². The summed E-state index contributed by atoms with van der Waals surface area (Å²) in [5.74, 6) is 1.80. The number of nitrogens with zero attached hydrogens (tertiary/aromatic N) is 1. The first kappa shape index (κ1) is 22.6. The Morgan fingerprint density at radius 1 is 0.450 bits per heavy atom. The maximum Gasteiger partial charge on any atom is 0.132 e. The van der Waals surface area contributed by atoms with Gasteiger partial charge in [-0.15, -0.1) is 0 Å². The molecule has 6 aromatic carbocycles. The maximum atomic E-state index is 9.13. The average molecular weight is 510 g/mol. The molecule has 0 atom stereocenters. The molecular formula is C38H23NO. The van der Waals surface area contributed by atoms with Gasteiger partial charge in [0.1, 0.15) is 11.5 Å². The van der Waals surface area contributed by atoms with Gasteiger partial charge in [0.25, 0.3) is 0 Å². The lowest BCUT2D eigenvalue weighted by Crippen LogP contribution is -2.32. The van der Waals surface area contributed by atoms with Gasteiger partial charge >= 0.3 is 0 Å². The summed E-state index contributed by atoms with van der Waals surface area (Å²) in [6.07, 6.45) is 0. The minimum atomic E-state index is -0.462. The molecule has 2 nitrogen and oxygen atoms in total. The van der Waals surface area contributed by atoms with Gasteiger partial charge in [-0.25, -0.2) is 0 Å². The maximum absolute atomic E-state index is 9.13. The lowest BCUT2D eigenvalue weighted by molar-refractivity contribution is 0.436. The van der Waals surface area contributed by atoms with Crippen LogP contribution in [0.25, 0.3) is 33.4 Å². The first-order chi connectivity index (χ1) is 19.8. The Kier molecular flexibility index (Phi) is 4.83. The monoisotopic (exact) mass is 509 g/mol. The van der Waals surface area contributed by atoms with Crippen LogP contribution in [0.2, 0.25) is 0 Å². The van der Waals surface area contributed by atoms with E-state index in [1.165, 1.54) is 27.8 Å². The number of hydrogen-bond acceptors (Lipinski definition) is 2. The molecule has 0 bridgehead atoms. The molecule has 40 heavy (non-hydrogen) atoms. The molecule has 6 aromatic rings. The van der Waals surface area contributed by atoms with Gasteiger partial charge in [0.2, 0.25) is 0 Å². The van der Waals surface area contributed by atoms with Crippen LogP contribution < -0.4 is 4.74 Å². The topological polar surface area (TPSA) is 33.0 Å². The molecule has 0 saturated heterocycles. The molecular weight excluding hydrogens is 486 g/mol. The highest BCUT2D eigenvalue weighted by Crippen LogP contribution is 2.62. The normalized spacial score (nSPS) is 13.4. The van der Waals surface area contributed by atoms with Crippen molar-refractivity contribution in [1.82, 2.24) is 0 Å². The number of para-hydroxylation sites is 1. The van der Waals surface area contributed by atoms with Gasteiger partial charge in [0.15, 0.2) is 0 Å². The van der Waals surface area contributed by atoms with Crippen molar-refractivity contribution in [2.75, 3.05) is 0 Å². The second-order valence-electron chi connectivity index (χ2n) is 10.4. The zero-order valence-corrected chi connectivity index (χ0v) is 21.6. The average Bonchev–Trinajstić information content (AvgIpc) is 3.32. The summed E-state index contributed by atoms with van der Waals surface area (Å²) in [5, 5.41) is 9.13. The number of benzene rings is 6. The standard InChI is InChI=1S/C38H23NO/c39-24-25-13-15-26(16-14-25)27-17-19-28(20-18-27)29-21-22-37-35(23-29)38(34-11-5-6-12-36(34)40-37)32-9-3-1-7-30(32)31-8-2-4-10-33(31)38/h1-23H. The summed E-state index contributed by atoms with van der Waals surface area (Å²) in [5.41, 5.74) is 12.2. The molecule has 0 N–H and O–H groups in total. The number of ether oxygens (including phenoxy) is 1. The highest BCUT2D eigenvalue weighted by atomic mass is 16.5. The van der Waals surface area contributed by atoms with Crippen LogP contribution in [0.5, 0.6) is 11.5 Å². The molecule has 1 aliphatic heterocycles. The number of nitriles is 1. The van der Waals surface area contributed by atoms with E-state index in [0.717, 1.165) is 39.3 Å². The third-order valence-electron chi connectivity index (χ3n) is 8.41. The zero-order chi connectivity index (χ0) is 26.7. The largest absolute Gasteiger partial charge is 0.457 e. The van der Waals surface area contributed by atoms with E-state index in [9.17, 15) is 0 Å². The quantitative estimate of drug-likeness (QED) is 0.233. The number of rotatable bonds is 2. The Morgan fingerprint density at radius 2 is 0.925 bits per heavy atom. The third kappa shape index (κ3) is 3.09. The van der Waals surface area contributed by atoms with E-state index in [4.69, 9.17) is 10.00 Å². The van der Waals surface area contributed by atoms with Crippen LogP contribution >= 0.6 is 0 Å². The molecule has 2 aliphatic rings. The smallest absolute Gasteiger partial charge is 0.132 e. The molecule has 2 heteroatoms. The predicted molar refractivity (Wildman–Crippen MR) is 159 cm³/mol. The van der Waals surface area contributed by atoms with Crippen LogP contribution in [-0.2, 0) is 5.41 Å². The van der Waals surface area contributed by atoms with Gasteiger partial charge in [-0.1, -0.05) is 109 Å². The van der Waals surface area contributed by atoms with E-state index in [2.05, 4.69) is 115 Å². The number of fused-ring (bicyclic) bond motifs is 9. The highest BCUT2D eigenvalue weighted by molar-refractivity contribution is 5.89. The van der Waals surface area contributed by atoms with Gasteiger partial charge < -0.3 is 4.74 Å². The van der Waals surface area contributed by atoms with Crippen LogP contribution in [0.4, 0.5) is 0 Å². The van der Waals surface area contributed by atoms with Crippen molar-refractivity contribution in [3.05, 3.63) is 167 Å². The summed E-state index contributed by atoms with van der Waals surface area (Å²) in [6, 6.07) is 51.2. The molecule has 8 rings (SSSR count). The molecule has 0 radical (unpaired) electrons. The first-order valence-corrected chi connectivity index (χ1v) is 13.5. The number of hydrogen-bond donors (Lipinski definition) is 0. The van der Waals surface area contributed by atoms with Crippen molar-refractivity contribution in [3.8, 4) is 50.9 Å². The van der Waals surface area contributed by atoms with Crippen LogP contribution in [0.3, 0.4) is 0 Å². The van der Waals surface area contributed by atoms with Crippen molar-refractivity contribution in [3.63, 3.8) is 0 Å². The van der Waals surface area contributed by atoms with Crippen molar-refractivity contribution in [2.45, 2.75) is 5.41 Å². The highest BCUT2D eigenvalue weighted by Gasteiger charge is 2.50. The predicted octanol–water partition coefficient (Wildman–Crippen LogP) is 9.36. The third-order valence-corrected chi connectivity index (χ3v) is 8.41. The fourth-order valence-corrected chi connectivity index (χ4v) is 6.63. The Hall–Kier alpha value is -5.39. The van der Waals surface area contributed by atoms with Crippen molar-refractivity contribution in [1.29, 1.82) is 5.26 Å². The van der Waals surface area contributed by atoms with E-state index in [0.29, 0.717) is 5.56 Å². The Morgan fingerprint density at radius 3 is 1.55 bits per heavy atom. The Labute approximate surface area is 233 Å². The fraction of sp³-hybridized carbons (Fsp3) is 0.0263. The van der Waals surface area contributed by atoms with E-state index in [1.807, 2.05) is 30.3 Å². The summed E-state index contributed by atoms with van der Waals surface area (Å²) < 4.78 is 6.56. The molecule has 0 unspecified atom stereocenters. The minimum absolute atomic E-state index is 0.462. The molecule has 1 spiro atoms. The van der Waals surface area contributed by atoms with Crippen molar-refractivity contribution < 1.29 is 4.74 Å². The molecule has 1 heterocycles. The second-order valence-corrected chi connectivity index (χ2v) is 10.4. The fourth-order valence-electron chi connectivity index (χ4n) is 6.63. The Bertz CT molecular complexity index is 1930. The summed E-state index contributed by atoms with van der Waals surface area (Å²) in [7, 11) is 0. The molecule has 0 fully saturated rings. The van der Waals surface area contributed by atoms with Gasteiger partial charge in [-0.05, 0) is 74.8 Å². The molecule has 0 aromatic heterocycles. The summed E-state index contributed by atoms with van der Waals surface area (Å²) in [6.45, 7) is 0. The lowest BCUT2D eigenvalue weighted by atomic mass is 9.66. The minimum Gasteiger partial charge on any atom is -0.457 e. The zero-order valence-electron chi connectivity index (χ0n) is 21.6. The van der Waals surface area contributed by atoms with E-state index >= 15 is 0 Å². The molecule has 186 valence electrons. The van der Waals surface area contributed by atoms with Gasteiger partial charge in [0.05, 0.1) is 17.0 Å². The summed E-state index contributed by atoms with van der Waals surface area (Å²) >= 11 is 0. The van der Waals surface area contributed by atoms with Gasteiger partial charge in [0, 0.05) is 11.1 Å². The molecule has 1 aliphatic carbocycles. The van der Waals surface area contributed by atoms with Crippen molar-refractivity contribution in [2.24, 2.45) is 0 Å². The summed E-state index contributed by atoms with van der Waals surface area (Å²) in [4.78, 5) is 0. The van der Waals surface area contributed by atoms with E-state index in [-0.39, 0.29) is 0 Å².